The normalized spacial score (nSPS) is 17.6. The van der Waals surface area contributed by atoms with Gasteiger partial charge in [0.1, 0.15) is 17.0 Å². The van der Waals surface area contributed by atoms with Crippen molar-refractivity contribution in [1.29, 1.82) is 0 Å². The van der Waals surface area contributed by atoms with E-state index in [1.165, 1.54) is 0 Å². The first-order chi connectivity index (χ1) is 14.8. The van der Waals surface area contributed by atoms with E-state index in [-0.39, 0.29) is 18.1 Å². The number of ketones is 1. The molecule has 5 rings (SSSR count). The molecular formula is C24H23ClN2O4. The highest BCUT2D eigenvalue weighted by atomic mass is 35.5. The van der Waals surface area contributed by atoms with Crippen molar-refractivity contribution >= 4 is 34.3 Å². The van der Waals surface area contributed by atoms with Crippen LogP contribution >= 0.6 is 11.6 Å². The number of hydrogen-bond donors (Lipinski definition) is 0. The molecule has 2 aliphatic rings. The molecule has 0 N–H and O–H groups in total. The summed E-state index contributed by atoms with van der Waals surface area (Å²) in [6, 6.07) is 9.33. The van der Waals surface area contributed by atoms with Crippen LogP contribution in [0, 0.1) is 13.8 Å². The van der Waals surface area contributed by atoms with E-state index < -0.39 is 5.60 Å². The van der Waals surface area contributed by atoms with Gasteiger partial charge in [0, 0.05) is 36.3 Å². The maximum absolute atomic E-state index is 12.9. The van der Waals surface area contributed by atoms with Crippen LogP contribution < -0.4 is 4.74 Å². The van der Waals surface area contributed by atoms with E-state index in [0.29, 0.717) is 60.0 Å². The molecule has 1 fully saturated rings. The molecule has 31 heavy (non-hydrogen) atoms. The Morgan fingerprint density at radius 3 is 2.74 bits per heavy atom. The van der Waals surface area contributed by atoms with Crippen molar-refractivity contribution in [3.05, 3.63) is 57.7 Å². The van der Waals surface area contributed by atoms with Crippen LogP contribution in [0.1, 0.15) is 46.4 Å². The fourth-order valence-corrected chi connectivity index (χ4v) is 4.91. The molecular weight excluding hydrogens is 416 g/mol. The number of hydrogen-bond acceptors (Lipinski definition) is 5. The molecule has 2 aromatic carbocycles. The average molecular weight is 439 g/mol. The van der Waals surface area contributed by atoms with E-state index in [1.54, 1.807) is 6.07 Å². The minimum atomic E-state index is -0.558. The zero-order valence-corrected chi connectivity index (χ0v) is 18.3. The van der Waals surface area contributed by atoms with Gasteiger partial charge in [-0.05, 0) is 43.7 Å². The maximum atomic E-state index is 12.9. The van der Waals surface area contributed by atoms with Crippen molar-refractivity contribution in [2.75, 3.05) is 13.1 Å². The van der Waals surface area contributed by atoms with Gasteiger partial charge in [0.2, 0.25) is 5.91 Å². The van der Waals surface area contributed by atoms with Gasteiger partial charge in [0.15, 0.2) is 11.4 Å². The number of likely N-dealkylation sites (tertiary alicyclic amines) is 1. The smallest absolute Gasteiger partial charge is 0.228 e. The number of Topliss-reactive ketones (excluding diaryl/α,β-unsaturated/α-hetero) is 1. The van der Waals surface area contributed by atoms with Crippen molar-refractivity contribution in [1.82, 2.24) is 10.1 Å². The first-order valence-electron chi connectivity index (χ1n) is 10.5. The molecule has 160 valence electrons. The van der Waals surface area contributed by atoms with Crippen molar-refractivity contribution in [3.8, 4) is 5.75 Å². The number of aromatic nitrogens is 1. The van der Waals surface area contributed by atoms with E-state index in [2.05, 4.69) is 5.16 Å². The number of aryl methyl sites for hydroxylation is 2. The number of carbonyl (C=O) groups is 2. The van der Waals surface area contributed by atoms with Crippen molar-refractivity contribution in [2.45, 2.75) is 45.1 Å². The number of nitrogens with zero attached hydrogens (tertiary/aromatic N) is 2. The number of fused-ring (bicyclic) bond motifs is 2. The maximum Gasteiger partial charge on any atom is 0.228 e. The lowest BCUT2D eigenvalue weighted by atomic mass is 9.82. The summed E-state index contributed by atoms with van der Waals surface area (Å²) in [5.74, 6) is 0.693. The standard InChI is InChI=1S/C24H23ClN2O4/c1-14-3-4-21-17(9-14)19(26-31-21)12-22(29)27-7-5-24(6-8-27)13-20(28)18-11-16(25)10-15(2)23(18)30-24/h3-4,9-11H,5-8,12-13H2,1-2H3. The zero-order chi connectivity index (χ0) is 21.8. The Balaban J connectivity index is 1.29. The van der Waals surface area contributed by atoms with Gasteiger partial charge in [-0.1, -0.05) is 28.4 Å². The summed E-state index contributed by atoms with van der Waals surface area (Å²) in [6.07, 6.45) is 1.74. The summed E-state index contributed by atoms with van der Waals surface area (Å²) in [5, 5.41) is 5.53. The van der Waals surface area contributed by atoms with Gasteiger partial charge in [-0.3, -0.25) is 9.59 Å². The molecule has 0 bridgehead atoms. The SMILES string of the molecule is Cc1ccc2onc(CC(=O)N3CCC4(CC3)CC(=O)c3cc(Cl)cc(C)c3O4)c2c1. The lowest BCUT2D eigenvalue weighted by Gasteiger charge is -2.44. The van der Waals surface area contributed by atoms with E-state index >= 15 is 0 Å². The lowest BCUT2D eigenvalue weighted by molar-refractivity contribution is -0.134. The highest BCUT2D eigenvalue weighted by molar-refractivity contribution is 6.31. The second kappa shape index (κ2) is 7.38. The van der Waals surface area contributed by atoms with Crippen molar-refractivity contribution < 1.29 is 18.8 Å². The van der Waals surface area contributed by atoms with Crippen molar-refractivity contribution in [3.63, 3.8) is 0 Å². The first kappa shape index (κ1) is 20.1. The van der Waals surface area contributed by atoms with Crippen LogP contribution in [-0.2, 0) is 11.2 Å². The summed E-state index contributed by atoms with van der Waals surface area (Å²) in [4.78, 5) is 27.6. The van der Waals surface area contributed by atoms with E-state index in [1.807, 2.05) is 43.0 Å². The highest BCUT2D eigenvalue weighted by Gasteiger charge is 2.44. The highest BCUT2D eigenvalue weighted by Crippen LogP contribution is 2.42. The largest absolute Gasteiger partial charge is 0.486 e. The van der Waals surface area contributed by atoms with Gasteiger partial charge in [-0.15, -0.1) is 0 Å². The third-order valence-corrected chi connectivity index (χ3v) is 6.61. The third-order valence-electron chi connectivity index (χ3n) is 6.39. The molecule has 2 aliphatic heterocycles. The van der Waals surface area contributed by atoms with Crippen LogP contribution in [0.5, 0.6) is 5.75 Å². The Morgan fingerprint density at radius 1 is 1.19 bits per heavy atom. The fourth-order valence-electron chi connectivity index (χ4n) is 4.64. The molecule has 0 unspecified atom stereocenters. The summed E-state index contributed by atoms with van der Waals surface area (Å²) >= 11 is 6.12. The molecule has 1 spiro atoms. The minimum Gasteiger partial charge on any atom is -0.486 e. The van der Waals surface area contributed by atoms with Gasteiger partial charge in [-0.25, -0.2) is 0 Å². The Morgan fingerprint density at radius 2 is 1.97 bits per heavy atom. The van der Waals surface area contributed by atoms with E-state index in [0.717, 1.165) is 16.5 Å². The van der Waals surface area contributed by atoms with Crippen LogP contribution in [-0.4, -0.2) is 40.4 Å². The quantitative estimate of drug-likeness (QED) is 0.581. The topological polar surface area (TPSA) is 72.6 Å². The molecule has 0 saturated carbocycles. The van der Waals surface area contributed by atoms with Crippen LogP contribution in [0.4, 0.5) is 0 Å². The lowest BCUT2D eigenvalue weighted by Crippen LogP contribution is -2.52. The van der Waals surface area contributed by atoms with Crippen LogP contribution in [0.25, 0.3) is 11.0 Å². The number of ether oxygens (including phenoxy) is 1. The minimum absolute atomic E-state index is 0.0112. The number of amides is 1. The Labute approximate surface area is 185 Å². The van der Waals surface area contributed by atoms with E-state index in [4.69, 9.17) is 20.9 Å². The van der Waals surface area contributed by atoms with Gasteiger partial charge in [0.05, 0.1) is 18.4 Å². The third kappa shape index (κ3) is 3.59. The molecule has 3 heterocycles. The summed E-state index contributed by atoms with van der Waals surface area (Å²) in [5.41, 5.74) is 3.31. The summed E-state index contributed by atoms with van der Waals surface area (Å²) in [7, 11) is 0. The zero-order valence-electron chi connectivity index (χ0n) is 17.5. The second-order valence-corrected chi connectivity index (χ2v) is 9.11. The molecule has 0 aliphatic carbocycles. The Kier molecular flexibility index (Phi) is 4.77. The van der Waals surface area contributed by atoms with Crippen LogP contribution in [0.15, 0.2) is 34.9 Å². The van der Waals surface area contributed by atoms with E-state index in [9.17, 15) is 9.59 Å². The number of piperidine rings is 1. The number of halogens is 1. The van der Waals surface area contributed by atoms with Gasteiger partial charge < -0.3 is 14.2 Å². The Hall–Kier alpha value is -2.86. The number of carbonyl (C=O) groups excluding carboxylic acids is 2. The average Bonchev–Trinajstić information content (AvgIpc) is 3.11. The Bertz CT molecular complexity index is 1210. The molecule has 1 amide bonds. The molecule has 1 saturated heterocycles. The predicted molar refractivity (Wildman–Crippen MR) is 117 cm³/mol. The molecule has 3 aromatic rings. The summed E-state index contributed by atoms with van der Waals surface area (Å²) < 4.78 is 11.7. The second-order valence-electron chi connectivity index (χ2n) is 8.67. The monoisotopic (exact) mass is 438 g/mol. The predicted octanol–water partition coefficient (Wildman–Crippen LogP) is 4.67. The van der Waals surface area contributed by atoms with Gasteiger partial charge >= 0.3 is 0 Å². The number of rotatable bonds is 2. The van der Waals surface area contributed by atoms with Gasteiger partial charge in [-0.2, -0.15) is 0 Å². The molecule has 6 nitrogen and oxygen atoms in total. The molecule has 1 aromatic heterocycles. The summed E-state index contributed by atoms with van der Waals surface area (Å²) in [6.45, 7) is 4.99. The van der Waals surface area contributed by atoms with Gasteiger partial charge in [0.25, 0.3) is 0 Å². The van der Waals surface area contributed by atoms with Crippen molar-refractivity contribution in [2.24, 2.45) is 0 Å². The molecule has 0 radical (unpaired) electrons. The first-order valence-corrected chi connectivity index (χ1v) is 10.9. The molecule has 0 atom stereocenters. The number of benzene rings is 2. The van der Waals surface area contributed by atoms with Crippen LogP contribution in [0.2, 0.25) is 5.02 Å². The fraction of sp³-hybridized carbons (Fsp3) is 0.375. The van der Waals surface area contributed by atoms with Crippen LogP contribution in [0.3, 0.4) is 0 Å². The molecule has 7 heteroatoms.